The SMILES string of the molecule is CC(=O)c1ccc2c(c1)N(CC(=O)NC1CC(C)(C)NC(C)(C)C1)C(=O)C(C)O2. The van der Waals surface area contributed by atoms with Crippen molar-refractivity contribution in [2.24, 2.45) is 0 Å². The number of nitrogens with one attached hydrogen (secondary N) is 2. The number of nitrogens with zero attached hydrogens (tertiary/aromatic N) is 1. The first-order chi connectivity index (χ1) is 13.4. The largest absolute Gasteiger partial charge is 0.479 e. The number of anilines is 1. The number of Topliss-reactive ketones (excluding diaryl/α,β-unsaturated/α-hetero) is 1. The summed E-state index contributed by atoms with van der Waals surface area (Å²) in [5.41, 5.74) is 0.752. The zero-order valence-electron chi connectivity index (χ0n) is 18.1. The number of piperidine rings is 1. The molecule has 1 aromatic carbocycles. The van der Waals surface area contributed by atoms with Crippen LogP contribution in [0.4, 0.5) is 5.69 Å². The van der Waals surface area contributed by atoms with Crippen molar-refractivity contribution in [3.63, 3.8) is 0 Å². The van der Waals surface area contributed by atoms with Crippen molar-refractivity contribution in [1.29, 1.82) is 0 Å². The smallest absolute Gasteiger partial charge is 0.268 e. The van der Waals surface area contributed by atoms with Crippen molar-refractivity contribution in [1.82, 2.24) is 10.6 Å². The molecule has 7 heteroatoms. The summed E-state index contributed by atoms with van der Waals surface area (Å²) >= 11 is 0. The van der Waals surface area contributed by atoms with E-state index in [9.17, 15) is 14.4 Å². The molecule has 0 aromatic heterocycles. The molecule has 0 radical (unpaired) electrons. The van der Waals surface area contributed by atoms with Crippen molar-refractivity contribution < 1.29 is 19.1 Å². The quantitative estimate of drug-likeness (QED) is 0.757. The lowest BCUT2D eigenvalue weighted by Gasteiger charge is -2.46. The predicted octanol–water partition coefficient (Wildman–Crippen LogP) is 2.43. The standard InChI is InChI=1S/C22H31N3O4/c1-13(26)15-7-8-18-17(9-15)25(20(28)14(2)29-18)12-19(27)23-16-10-21(3,4)24-22(5,6)11-16/h7-9,14,16,24H,10-12H2,1-6H3,(H,23,27). The number of ether oxygens (including phenoxy) is 1. The molecule has 3 rings (SSSR count). The van der Waals surface area contributed by atoms with Crippen LogP contribution in [0.25, 0.3) is 0 Å². The summed E-state index contributed by atoms with van der Waals surface area (Å²) in [6.07, 6.45) is 0.928. The molecule has 158 valence electrons. The highest BCUT2D eigenvalue weighted by molar-refractivity contribution is 6.05. The molecule has 2 heterocycles. The topological polar surface area (TPSA) is 87.7 Å². The highest BCUT2D eigenvalue weighted by Crippen LogP contribution is 2.35. The van der Waals surface area contributed by atoms with Crippen LogP contribution in [0.5, 0.6) is 5.75 Å². The van der Waals surface area contributed by atoms with Gasteiger partial charge in [-0.3, -0.25) is 19.3 Å². The maximum Gasteiger partial charge on any atom is 0.268 e. The third kappa shape index (κ3) is 4.78. The fourth-order valence-electron chi connectivity index (χ4n) is 4.63. The van der Waals surface area contributed by atoms with Crippen molar-refractivity contribution >= 4 is 23.3 Å². The zero-order chi connectivity index (χ0) is 21.6. The van der Waals surface area contributed by atoms with Crippen LogP contribution >= 0.6 is 0 Å². The van der Waals surface area contributed by atoms with E-state index in [1.807, 2.05) is 0 Å². The molecule has 1 unspecified atom stereocenters. The Morgan fingerprint density at radius 2 is 1.83 bits per heavy atom. The van der Waals surface area contributed by atoms with E-state index in [4.69, 9.17) is 4.74 Å². The molecule has 0 aliphatic carbocycles. The number of carbonyl (C=O) groups excluding carboxylic acids is 3. The summed E-state index contributed by atoms with van der Waals surface area (Å²) in [5, 5.41) is 6.70. The molecule has 1 saturated heterocycles. The number of hydrogen-bond acceptors (Lipinski definition) is 5. The molecule has 2 N–H and O–H groups in total. The van der Waals surface area contributed by atoms with E-state index >= 15 is 0 Å². The monoisotopic (exact) mass is 401 g/mol. The fourth-order valence-corrected chi connectivity index (χ4v) is 4.63. The van der Waals surface area contributed by atoms with Gasteiger partial charge in [-0.2, -0.15) is 0 Å². The van der Waals surface area contributed by atoms with Crippen molar-refractivity contribution in [2.75, 3.05) is 11.4 Å². The molecule has 0 bridgehead atoms. The highest BCUT2D eigenvalue weighted by Gasteiger charge is 2.39. The van der Waals surface area contributed by atoms with Crippen LogP contribution in [-0.4, -0.2) is 47.4 Å². The number of ketones is 1. The Kier molecular flexibility index (Phi) is 5.47. The molecule has 7 nitrogen and oxygen atoms in total. The second-order valence-electron chi connectivity index (χ2n) is 9.49. The number of fused-ring (bicyclic) bond motifs is 1. The van der Waals surface area contributed by atoms with Gasteiger partial charge in [0.15, 0.2) is 11.9 Å². The van der Waals surface area contributed by atoms with E-state index in [1.54, 1.807) is 25.1 Å². The number of carbonyl (C=O) groups is 3. The Bertz CT molecular complexity index is 830. The average molecular weight is 402 g/mol. The Labute approximate surface area is 172 Å². The Morgan fingerprint density at radius 3 is 2.41 bits per heavy atom. The minimum Gasteiger partial charge on any atom is -0.479 e. The summed E-state index contributed by atoms with van der Waals surface area (Å²) in [6.45, 7) is 11.5. The lowest BCUT2D eigenvalue weighted by atomic mass is 9.79. The number of amides is 2. The summed E-state index contributed by atoms with van der Waals surface area (Å²) in [6, 6.07) is 4.98. The van der Waals surface area contributed by atoms with Gasteiger partial charge >= 0.3 is 0 Å². The van der Waals surface area contributed by atoms with E-state index in [0.717, 1.165) is 12.8 Å². The predicted molar refractivity (Wildman–Crippen MR) is 111 cm³/mol. The first-order valence-corrected chi connectivity index (χ1v) is 10.1. The molecular formula is C22H31N3O4. The number of rotatable bonds is 4. The van der Waals surface area contributed by atoms with Crippen molar-refractivity contribution in [2.45, 2.75) is 77.6 Å². The molecule has 0 spiro atoms. The summed E-state index contributed by atoms with van der Waals surface area (Å²) in [4.78, 5) is 38.8. The third-order valence-corrected chi connectivity index (χ3v) is 5.43. The average Bonchev–Trinajstić information content (AvgIpc) is 2.55. The van der Waals surface area contributed by atoms with Crippen LogP contribution in [-0.2, 0) is 9.59 Å². The van der Waals surface area contributed by atoms with Crippen LogP contribution in [0.2, 0.25) is 0 Å². The van der Waals surface area contributed by atoms with Gasteiger partial charge in [-0.15, -0.1) is 0 Å². The van der Waals surface area contributed by atoms with Crippen LogP contribution < -0.4 is 20.3 Å². The first kappa shape index (κ1) is 21.3. The van der Waals surface area contributed by atoms with Gasteiger partial charge < -0.3 is 15.4 Å². The maximum atomic E-state index is 12.8. The van der Waals surface area contributed by atoms with Crippen molar-refractivity contribution in [3.8, 4) is 5.75 Å². The molecule has 1 aromatic rings. The zero-order valence-corrected chi connectivity index (χ0v) is 18.1. The number of hydrogen-bond donors (Lipinski definition) is 2. The molecule has 2 amide bonds. The van der Waals surface area contributed by atoms with E-state index in [1.165, 1.54) is 11.8 Å². The van der Waals surface area contributed by atoms with Crippen LogP contribution in [0.1, 0.15) is 64.7 Å². The molecule has 1 atom stereocenters. The second-order valence-corrected chi connectivity index (χ2v) is 9.49. The Hall–Kier alpha value is -2.41. The maximum absolute atomic E-state index is 12.8. The molecule has 29 heavy (non-hydrogen) atoms. The van der Waals surface area contributed by atoms with Gasteiger partial charge in [-0.25, -0.2) is 0 Å². The number of benzene rings is 1. The summed E-state index contributed by atoms with van der Waals surface area (Å²) < 4.78 is 5.65. The summed E-state index contributed by atoms with van der Waals surface area (Å²) in [5.74, 6) is -0.120. The minimum atomic E-state index is -0.685. The lowest BCUT2D eigenvalue weighted by Crippen LogP contribution is -2.62. The van der Waals surface area contributed by atoms with Crippen LogP contribution in [0.15, 0.2) is 18.2 Å². The van der Waals surface area contributed by atoms with Gasteiger partial charge in [-0.05, 0) is 72.6 Å². The third-order valence-electron chi connectivity index (χ3n) is 5.43. The van der Waals surface area contributed by atoms with Gasteiger partial charge in [-0.1, -0.05) is 0 Å². The highest BCUT2D eigenvalue weighted by atomic mass is 16.5. The van der Waals surface area contributed by atoms with Gasteiger partial charge in [0, 0.05) is 22.7 Å². The van der Waals surface area contributed by atoms with Gasteiger partial charge in [0.1, 0.15) is 12.3 Å². The molecule has 2 aliphatic heterocycles. The minimum absolute atomic E-state index is 0.0188. The fraction of sp³-hybridized carbons (Fsp3) is 0.591. The second kappa shape index (κ2) is 7.44. The molecular weight excluding hydrogens is 370 g/mol. The van der Waals surface area contributed by atoms with Crippen molar-refractivity contribution in [3.05, 3.63) is 23.8 Å². The van der Waals surface area contributed by atoms with E-state index in [0.29, 0.717) is 17.0 Å². The van der Waals surface area contributed by atoms with Crippen LogP contribution in [0.3, 0.4) is 0 Å². The van der Waals surface area contributed by atoms with E-state index in [2.05, 4.69) is 38.3 Å². The summed E-state index contributed by atoms with van der Waals surface area (Å²) in [7, 11) is 0. The lowest BCUT2D eigenvalue weighted by molar-refractivity contribution is -0.128. The van der Waals surface area contributed by atoms with Gasteiger partial charge in [0.2, 0.25) is 5.91 Å². The Morgan fingerprint density at radius 1 is 1.21 bits per heavy atom. The van der Waals surface area contributed by atoms with E-state index in [-0.39, 0.29) is 41.3 Å². The molecule has 1 fully saturated rings. The van der Waals surface area contributed by atoms with Gasteiger partial charge in [0.25, 0.3) is 5.91 Å². The first-order valence-electron chi connectivity index (χ1n) is 10.1. The normalized spacial score (nSPS) is 23.2. The Balaban J connectivity index is 1.78. The molecule has 0 saturated carbocycles. The van der Waals surface area contributed by atoms with E-state index < -0.39 is 6.10 Å². The van der Waals surface area contributed by atoms with Gasteiger partial charge in [0.05, 0.1) is 5.69 Å². The molecule has 2 aliphatic rings. The van der Waals surface area contributed by atoms with Crippen LogP contribution in [0, 0.1) is 0 Å².